The molecule has 1 unspecified atom stereocenters. The molecule has 4 heteroatoms. The largest absolute Gasteiger partial charge is 0.224 e. The van der Waals surface area contributed by atoms with Gasteiger partial charge in [-0.05, 0) is 29.9 Å². The summed E-state index contributed by atoms with van der Waals surface area (Å²) in [5.74, 6) is 0.505. The molecule has 86 valence electrons. The Morgan fingerprint density at radius 1 is 1.31 bits per heavy atom. The van der Waals surface area contributed by atoms with Crippen molar-refractivity contribution < 1.29 is 8.42 Å². The summed E-state index contributed by atoms with van der Waals surface area (Å²) in [6, 6.07) is 7.48. The van der Waals surface area contributed by atoms with Gasteiger partial charge in [0.15, 0.2) is 9.84 Å². The van der Waals surface area contributed by atoms with Crippen LogP contribution in [0.4, 0.5) is 0 Å². The molecule has 0 N–H and O–H groups in total. The molecule has 1 heterocycles. The lowest BCUT2D eigenvalue weighted by Gasteiger charge is -2.19. The van der Waals surface area contributed by atoms with E-state index in [1.54, 1.807) is 6.07 Å². The van der Waals surface area contributed by atoms with Crippen molar-refractivity contribution in [2.24, 2.45) is 5.41 Å². The van der Waals surface area contributed by atoms with E-state index in [2.05, 4.69) is 15.9 Å². The van der Waals surface area contributed by atoms with Gasteiger partial charge in [0.25, 0.3) is 0 Å². The van der Waals surface area contributed by atoms with Crippen molar-refractivity contribution in [3.63, 3.8) is 0 Å². The fourth-order valence-electron chi connectivity index (χ4n) is 2.69. The average molecular weight is 301 g/mol. The van der Waals surface area contributed by atoms with Gasteiger partial charge in [0, 0.05) is 11.2 Å². The third-order valence-electron chi connectivity index (χ3n) is 3.91. The van der Waals surface area contributed by atoms with Gasteiger partial charge in [-0.3, -0.25) is 0 Å². The fraction of sp³-hybridized carbons (Fsp3) is 0.500. The smallest absolute Gasteiger partial charge is 0.179 e. The Hall–Kier alpha value is -0.350. The molecule has 2 aliphatic rings. The Labute approximate surface area is 104 Å². The number of alkyl halides is 1. The van der Waals surface area contributed by atoms with E-state index in [1.807, 2.05) is 18.2 Å². The molecule has 0 aromatic heterocycles. The third kappa shape index (κ3) is 1.39. The maximum absolute atomic E-state index is 12.0. The molecule has 1 aliphatic heterocycles. The summed E-state index contributed by atoms with van der Waals surface area (Å²) in [6.07, 6.45) is 2.29. The molecule has 1 aliphatic carbocycles. The summed E-state index contributed by atoms with van der Waals surface area (Å²) >= 11 is 3.54. The topological polar surface area (TPSA) is 34.1 Å². The van der Waals surface area contributed by atoms with Crippen LogP contribution >= 0.6 is 15.9 Å². The summed E-state index contributed by atoms with van der Waals surface area (Å²) in [7, 11) is -3.03. The van der Waals surface area contributed by atoms with Gasteiger partial charge in [0.05, 0.1) is 10.6 Å². The second-order valence-electron chi connectivity index (χ2n) is 4.87. The molecule has 0 amide bonds. The highest BCUT2D eigenvalue weighted by molar-refractivity contribution is 9.09. The second-order valence-corrected chi connectivity index (χ2v) is 7.43. The molecular weight excluding hydrogens is 288 g/mol. The first-order chi connectivity index (χ1) is 7.59. The molecule has 1 atom stereocenters. The Morgan fingerprint density at radius 3 is 2.62 bits per heavy atom. The van der Waals surface area contributed by atoms with Gasteiger partial charge in [-0.2, -0.15) is 0 Å². The van der Waals surface area contributed by atoms with Gasteiger partial charge in [0.1, 0.15) is 0 Å². The minimum Gasteiger partial charge on any atom is -0.224 e. The molecule has 0 saturated heterocycles. The van der Waals surface area contributed by atoms with Gasteiger partial charge in [-0.15, -0.1) is 0 Å². The van der Waals surface area contributed by atoms with Crippen molar-refractivity contribution in [1.29, 1.82) is 0 Å². The molecular formula is C12H13BrO2S. The number of hydrogen-bond donors (Lipinski definition) is 0. The monoisotopic (exact) mass is 300 g/mol. The Bertz CT molecular complexity index is 532. The third-order valence-corrected chi connectivity index (χ3v) is 6.84. The van der Waals surface area contributed by atoms with Crippen LogP contribution in [-0.2, 0) is 9.84 Å². The van der Waals surface area contributed by atoms with E-state index in [4.69, 9.17) is 0 Å². The molecule has 0 spiro atoms. The second kappa shape index (κ2) is 3.33. The van der Waals surface area contributed by atoms with E-state index < -0.39 is 9.84 Å². The van der Waals surface area contributed by atoms with Crippen LogP contribution in [0, 0.1) is 5.41 Å². The number of hydrogen-bond acceptors (Lipinski definition) is 2. The van der Waals surface area contributed by atoms with Crippen LogP contribution in [0.25, 0.3) is 0 Å². The number of rotatable bonds is 2. The highest BCUT2D eigenvalue weighted by Gasteiger charge is 2.53. The van der Waals surface area contributed by atoms with E-state index in [9.17, 15) is 8.42 Å². The predicted octanol–water partition coefficient (Wildman–Crippen LogP) is 2.73. The molecule has 1 aromatic carbocycles. The molecule has 0 radical (unpaired) electrons. The maximum atomic E-state index is 12.0. The van der Waals surface area contributed by atoms with Crippen molar-refractivity contribution >= 4 is 25.8 Å². The summed E-state index contributed by atoms with van der Waals surface area (Å²) in [6.45, 7) is 0. The van der Waals surface area contributed by atoms with Crippen LogP contribution in [0.3, 0.4) is 0 Å². The minimum atomic E-state index is -3.03. The van der Waals surface area contributed by atoms with Crippen molar-refractivity contribution in [2.75, 3.05) is 11.1 Å². The summed E-state index contributed by atoms with van der Waals surface area (Å²) in [5, 5.41) is 0.911. The van der Waals surface area contributed by atoms with E-state index in [0.717, 1.165) is 23.7 Å². The number of benzene rings is 1. The van der Waals surface area contributed by atoms with Crippen molar-refractivity contribution in [3.05, 3.63) is 29.8 Å². The first-order valence-electron chi connectivity index (χ1n) is 5.47. The van der Waals surface area contributed by atoms with Gasteiger partial charge in [0.2, 0.25) is 0 Å². The van der Waals surface area contributed by atoms with Gasteiger partial charge in [-0.25, -0.2) is 8.42 Å². The van der Waals surface area contributed by atoms with E-state index in [-0.39, 0.29) is 11.3 Å². The van der Waals surface area contributed by atoms with Crippen LogP contribution in [0.5, 0.6) is 0 Å². The first-order valence-corrected chi connectivity index (χ1v) is 8.24. The molecule has 16 heavy (non-hydrogen) atoms. The minimum absolute atomic E-state index is 0.202. The molecule has 2 nitrogen and oxygen atoms in total. The van der Waals surface area contributed by atoms with Gasteiger partial charge >= 0.3 is 0 Å². The van der Waals surface area contributed by atoms with Crippen LogP contribution in [0.2, 0.25) is 0 Å². The van der Waals surface area contributed by atoms with Gasteiger partial charge < -0.3 is 0 Å². The number of sulfone groups is 1. The number of halogens is 1. The van der Waals surface area contributed by atoms with Crippen LogP contribution in [-0.4, -0.2) is 19.5 Å². The van der Waals surface area contributed by atoms with Crippen molar-refractivity contribution in [1.82, 2.24) is 0 Å². The molecule has 1 saturated carbocycles. The van der Waals surface area contributed by atoms with Gasteiger partial charge in [-0.1, -0.05) is 34.1 Å². The molecule has 1 aromatic rings. The van der Waals surface area contributed by atoms with E-state index >= 15 is 0 Å². The van der Waals surface area contributed by atoms with Crippen LogP contribution in [0.1, 0.15) is 24.3 Å². The SMILES string of the molecule is O=S1(=O)CC(C2(CBr)CC2)c2ccccc21. The van der Waals surface area contributed by atoms with Crippen LogP contribution < -0.4 is 0 Å². The molecule has 0 bridgehead atoms. The summed E-state index contributed by atoms with van der Waals surface area (Å²) in [4.78, 5) is 0.562. The predicted molar refractivity (Wildman–Crippen MR) is 66.7 cm³/mol. The molecule has 3 rings (SSSR count). The maximum Gasteiger partial charge on any atom is 0.179 e. The zero-order valence-electron chi connectivity index (χ0n) is 8.82. The lowest BCUT2D eigenvalue weighted by molar-refractivity contribution is 0.485. The normalized spacial score (nSPS) is 28.7. The lowest BCUT2D eigenvalue weighted by atomic mass is 9.86. The Balaban J connectivity index is 2.14. The van der Waals surface area contributed by atoms with Crippen molar-refractivity contribution in [2.45, 2.75) is 23.7 Å². The average Bonchev–Trinajstić information content (AvgIpc) is 3.02. The quantitative estimate of drug-likeness (QED) is 0.787. The highest BCUT2D eigenvalue weighted by atomic mass is 79.9. The van der Waals surface area contributed by atoms with E-state index in [0.29, 0.717) is 10.6 Å². The zero-order valence-corrected chi connectivity index (χ0v) is 11.2. The molecule has 1 fully saturated rings. The summed E-state index contributed by atoms with van der Waals surface area (Å²) in [5.41, 5.74) is 1.25. The van der Waals surface area contributed by atoms with Crippen molar-refractivity contribution in [3.8, 4) is 0 Å². The fourth-order valence-corrected chi connectivity index (χ4v) is 5.65. The zero-order chi connectivity index (χ0) is 11.4. The summed E-state index contributed by atoms with van der Waals surface area (Å²) < 4.78 is 24.1. The van der Waals surface area contributed by atoms with E-state index in [1.165, 1.54) is 0 Å². The highest BCUT2D eigenvalue weighted by Crippen LogP contribution is 2.60. The standard InChI is InChI=1S/C12H13BrO2S/c13-8-12(5-6-12)10-7-16(14,15)11-4-2-1-3-9(10)11/h1-4,10H,5-8H2. The number of fused-ring (bicyclic) bond motifs is 1. The Morgan fingerprint density at radius 2 is 2.00 bits per heavy atom. The first kappa shape index (κ1) is 10.8. The lowest BCUT2D eigenvalue weighted by Crippen LogP contribution is -2.17. The van der Waals surface area contributed by atoms with Crippen LogP contribution in [0.15, 0.2) is 29.2 Å². The Kier molecular flexibility index (Phi) is 2.24.